The fourth-order valence-electron chi connectivity index (χ4n) is 1.89. The van der Waals surface area contributed by atoms with Gasteiger partial charge in [-0.2, -0.15) is 0 Å². The topological polar surface area (TPSA) is 115 Å². The number of hydrogen-bond acceptors (Lipinski definition) is 5. The highest BCUT2D eigenvalue weighted by molar-refractivity contribution is 5.95. The van der Waals surface area contributed by atoms with Crippen LogP contribution in [0.3, 0.4) is 0 Å². The molecule has 0 aliphatic carbocycles. The number of aromatic nitrogens is 2. The summed E-state index contributed by atoms with van der Waals surface area (Å²) in [6.45, 7) is 6.25. The Hall–Kier alpha value is -1.73. The molecule has 0 spiro atoms. The standard InChI is InChI=1S/C14H23N3O4/c1-5-14(6-18,7-19)17-13(21)10-9(4)15-11(8(2)3)16-12(10)20/h8,18-19H,5-7H2,1-4H3,(H,17,21)(H,15,16,20). The van der Waals surface area contributed by atoms with Gasteiger partial charge in [0.05, 0.1) is 24.4 Å². The van der Waals surface area contributed by atoms with E-state index in [4.69, 9.17) is 0 Å². The van der Waals surface area contributed by atoms with Crippen LogP contribution in [-0.4, -0.2) is 44.8 Å². The van der Waals surface area contributed by atoms with Crippen molar-refractivity contribution >= 4 is 5.91 Å². The van der Waals surface area contributed by atoms with Crippen LogP contribution < -0.4 is 10.9 Å². The van der Waals surface area contributed by atoms with Gasteiger partial charge in [-0.25, -0.2) is 4.98 Å². The first-order valence-corrected chi connectivity index (χ1v) is 6.95. The Bertz CT molecular complexity index is 554. The Kier molecular flexibility index (Phi) is 5.62. The lowest BCUT2D eigenvalue weighted by atomic mass is 9.97. The van der Waals surface area contributed by atoms with Gasteiger partial charge in [-0.3, -0.25) is 9.59 Å². The number of aliphatic hydroxyl groups is 2. The molecule has 4 N–H and O–H groups in total. The molecule has 0 aliphatic rings. The lowest BCUT2D eigenvalue weighted by molar-refractivity contribution is 0.0650. The molecule has 0 atom stereocenters. The zero-order valence-corrected chi connectivity index (χ0v) is 12.9. The molecule has 7 nitrogen and oxygen atoms in total. The second-order valence-electron chi connectivity index (χ2n) is 5.47. The number of nitrogens with zero attached hydrogens (tertiary/aromatic N) is 1. The summed E-state index contributed by atoms with van der Waals surface area (Å²) in [4.78, 5) is 31.1. The van der Waals surface area contributed by atoms with Crippen molar-refractivity contribution in [3.05, 3.63) is 27.4 Å². The summed E-state index contributed by atoms with van der Waals surface area (Å²) < 4.78 is 0. The molecule has 0 aromatic carbocycles. The first kappa shape index (κ1) is 17.3. The second-order valence-corrected chi connectivity index (χ2v) is 5.47. The Morgan fingerprint density at radius 3 is 2.33 bits per heavy atom. The van der Waals surface area contributed by atoms with Gasteiger partial charge < -0.3 is 20.5 Å². The molecule has 118 valence electrons. The second kappa shape index (κ2) is 6.82. The van der Waals surface area contributed by atoms with Gasteiger partial charge in [0.2, 0.25) is 0 Å². The van der Waals surface area contributed by atoms with E-state index >= 15 is 0 Å². The number of rotatable bonds is 6. The zero-order chi connectivity index (χ0) is 16.2. The minimum Gasteiger partial charge on any atom is -0.394 e. The molecule has 21 heavy (non-hydrogen) atoms. The van der Waals surface area contributed by atoms with Crippen LogP contribution in [0.4, 0.5) is 0 Å². The maximum absolute atomic E-state index is 12.3. The predicted molar refractivity (Wildman–Crippen MR) is 78.3 cm³/mol. The molecule has 0 saturated heterocycles. The van der Waals surface area contributed by atoms with Crippen LogP contribution in [0.15, 0.2) is 4.79 Å². The fraction of sp³-hybridized carbons (Fsp3) is 0.643. The highest BCUT2D eigenvalue weighted by Gasteiger charge is 2.30. The number of amides is 1. The van der Waals surface area contributed by atoms with Crippen LogP contribution in [0.1, 0.15) is 55.0 Å². The van der Waals surface area contributed by atoms with E-state index in [1.54, 1.807) is 13.8 Å². The molecule has 0 bridgehead atoms. The third-order valence-electron chi connectivity index (χ3n) is 3.55. The normalized spacial score (nSPS) is 11.8. The Labute approximate surface area is 123 Å². The summed E-state index contributed by atoms with van der Waals surface area (Å²) >= 11 is 0. The Balaban J connectivity index is 3.17. The SMILES string of the molecule is CCC(CO)(CO)NC(=O)c1c(C)nc(C(C)C)[nH]c1=O. The monoisotopic (exact) mass is 297 g/mol. The van der Waals surface area contributed by atoms with E-state index in [0.717, 1.165) is 0 Å². The van der Waals surface area contributed by atoms with Crippen LogP contribution >= 0.6 is 0 Å². The van der Waals surface area contributed by atoms with Crippen molar-refractivity contribution < 1.29 is 15.0 Å². The molecule has 0 unspecified atom stereocenters. The van der Waals surface area contributed by atoms with Crippen molar-refractivity contribution in [3.63, 3.8) is 0 Å². The van der Waals surface area contributed by atoms with Crippen LogP contribution in [0.25, 0.3) is 0 Å². The van der Waals surface area contributed by atoms with Crippen molar-refractivity contribution in [3.8, 4) is 0 Å². The molecule has 0 saturated carbocycles. The molecular formula is C14H23N3O4. The van der Waals surface area contributed by atoms with Gasteiger partial charge in [-0.1, -0.05) is 20.8 Å². The van der Waals surface area contributed by atoms with Crippen molar-refractivity contribution in [1.82, 2.24) is 15.3 Å². The number of aliphatic hydroxyl groups excluding tert-OH is 2. The van der Waals surface area contributed by atoms with E-state index < -0.39 is 30.2 Å². The Morgan fingerprint density at radius 2 is 1.95 bits per heavy atom. The van der Waals surface area contributed by atoms with Crippen molar-refractivity contribution in [1.29, 1.82) is 0 Å². The molecule has 1 aromatic rings. The minimum atomic E-state index is -1.15. The number of carbonyl (C=O) groups is 1. The summed E-state index contributed by atoms with van der Waals surface area (Å²) in [6.07, 6.45) is 0.334. The zero-order valence-electron chi connectivity index (χ0n) is 12.9. The molecule has 0 radical (unpaired) electrons. The molecule has 1 rings (SSSR count). The maximum atomic E-state index is 12.3. The summed E-state index contributed by atoms with van der Waals surface area (Å²) in [5, 5.41) is 21.2. The summed E-state index contributed by atoms with van der Waals surface area (Å²) in [5.41, 5.74) is -1.45. The summed E-state index contributed by atoms with van der Waals surface area (Å²) in [5.74, 6) is -0.0974. The first-order valence-electron chi connectivity index (χ1n) is 6.95. The molecular weight excluding hydrogens is 274 g/mol. The fourth-order valence-corrected chi connectivity index (χ4v) is 1.89. The van der Waals surface area contributed by atoms with E-state index in [2.05, 4.69) is 15.3 Å². The minimum absolute atomic E-state index is 0.0399. The lowest BCUT2D eigenvalue weighted by Gasteiger charge is -2.29. The van der Waals surface area contributed by atoms with Crippen LogP contribution in [0.5, 0.6) is 0 Å². The van der Waals surface area contributed by atoms with Gasteiger partial charge in [0.1, 0.15) is 11.4 Å². The summed E-state index contributed by atoms with van der Waals surface area (Å²) in [6, 6.07) is 0. The van der Waals surface area contributed by atoms with Gasteiger partial charge in [-0.15, -0.1) is 0 Å². The Morgan fingerprint density at radius 1 is 1.38 bits per heavy atom. The highest BCUT2D eigenvalue weighted by Crippen LogP contribution is 2.12. The maximum Gasteiger partial charge on any atom is 0.264 e. The van der Waals surface area contributed by atoms with E-state index in [1.807, 2.05) is 13.8 Å². The number of aromatic amines is 1. The average Bonchev–Trinajstić information content (AvgIpc) is 2.44. The average molecular weight is 297 g/mol. The number of nitrogens with one attached hydrogen (secondary N) is 2. The quantitative estimate of drug-likeness (QED) is 0.593. The van der Waals surface area contributed by atoms with Crippen molar-refractivity contribution in [2.45, 2.75) is 45.6 Å². The smallest absolute Gasteiger partial charge is 0.264 e. The van der Waals surface area contributed by atoms with Gasteiger partial charge in [0, 0.05) is 5.92 Å². The van der Waals surface area contributed by atoms with Crippen LogP contribution in [-0.2, 0) is 0 Å². The van der Waals surface area contributed by atoms with Gasteiger partial charge in [-0.05, 0) is 13.3 Å². The molecule has 1 amide bonds. The summed E-state index contributed by atoms with van der Waals surface area (Å²) in [7, 11) is 0. The molecule has 1 aromatic heterocycles. The van der Waals surface area contributed by atoms with Gasteiger partial charge in [0.25, 0.3) is 11.5 Å². The number of carbonyl (C=O) groups excluding carboxylic acids is 1. The largest absolute Gasteiger partial charge is 0.394 e. The van der Waals surface area contributed by atoms with E-state index in [9.17, 15) is 19.8 Å². The van der Waals surface area contributed by atoms with Crippen LogP contribution in [0, 0.1) is 6.92 Å². The van der Waals surface area contributed by atoms with Crippen LogP contribution in [0.2, 0.25) is 0 Å². The number of hydrogen-bond donors (Lipinski definition) is 4. The molecule has 0 fully saturated rings. The predicted octanol–water partition coefficient (Wildman–Crippen LogP) is 0.0649. The molecule has 1 heterocycles. The third kappa shape index (κ3) is 3.68. The number of aryl methyl sites for hydroxylation is 1. The van der Waals surface area contributed by atoms with E-state index in [0.29, 0.717) is 17.9 Å². The number of H-pyrrole nitrogens is 1. The van der Waals surface area contributed by atoms with Crippen molar-refractivity contribution in [2.24, 2.45) is 0 Å². The highest BCUT2D eigenvalue weighted by atomic mass is 16.3. The van der Waals surface area contributed by atoms with Gasteiger partial charge >= 0.3 is 0 Å². The molecule has 0 aliphatic heterocycles. The lowest BCUT2D eigenvalue weighted by Crippen LogP contribution is -2.54. The van der Waals surface area contributed by atoms with Crippen molar-refractivity contribution in [2.75, 3.05) is 13.2 Å². The van der Waals surface area contributed by atoms with E-state index in [-0.39, 0.29) is 11.5 Å². The first-order chi connectivity index (χ1) is 9.80. The van der Waals surface area contributed by atoms with Gasteiger partial charge in [0.15, 0.2) is 0 Å². The molecule has 7 heteroatoms. The van der Waals surface area contributed by atoms with E-state index in [1.165, 1.54) is 0 Å². The third-order valence-corrected chi connectivity index (χ3v) is 3.55.